The third kappa shape index (κ3) is 13.1. The number of carbonyl (C=O) groups excluding carboxylic acids is 5. The highest BCUT2D eigenvalue weighted by Gasteiger charge is 2.56. The fourth-order valence-corrected chi connectivity index (χ4v) is 12.3. The molecule has 5 N–H and O–H groups in total. The zero-order valence-electron chi connectivity index (χ0n) is 54.1. The number of phenolic OH excluding ortho intramolecular Hbond substituents is 2. The molecule has 9 aromatic rings. The van der Waals surface area contributed by atoms with E-state index in [1.165, 1.54) is 45.4 Å². The van der Waals surface area contributed by atoms with E-state index in [0.29, 0.717) is 51.4 Å². The lowest BCUT2D eigenvalue weighted by Crippen LogP contribution is -2.33. The largest absolute Gasteiger partial charge is 0.508 e. The Labute approximate surface area is 554 Å². The number of aryl methyl sites for hydroxylation is 4. The number of hydrogen-bond donors (Lipinski definition) is 5. The van der Waals surface area contributed by atoms with Crippen LogP contribution in [0.1, 0.15) is 143 Å². The third-order valence-corrected chi connectivity index (χ3v) is 16.6. The average molecular weight is 1300 g/mol. The number of methoxy groups -OCH3 is 2. The molecule has 492 valence electrons. The van der Waals surface area contributed by atoms with Crippen LogP contribution in [0.5, 0.6) is 46.0 Å². The van der Waals surface area contributed by atoms with Gasteiger partial charge in [-0.05, 0) is 130 Å². The lowest BCUT2D eigenvalue weighted by Gasteiger charge is -2.36. The second-order valence-electron chi connectivity index (χ2n) is 23.3. The predicted octanol–water partition coefficient (Wildman–Crippen LogP) is 14.6. The summed E-state index contributed by atoms with van der Waals surface area (Å²) in [5, 5.41) is 38.1. The number of ether oxygens (including phenoxy) is 8. The first kappa shape index (κ1) is 67.4. The molecule has 0 aromatic heterocycles. The van der Waals surface area contributed by atoms with Crippen molar-refractivity contribution in [1.82, 2.24) is 5.32 Å². The van der Waals surface area contributed by atoms with Gasteiger partial charge in [-0.2, -0.15) is 0 Å². The van der Waals surface area contributed by atoms with Crippen LogP contribution in [0.4, 0.5) is 4.79 Å². The summed E-state index contributed by atoms with van der Waals surface area (Å²) >= 11 is 0. The van der Waals surface area contributed by atoms with Crippen LogP contribution in [0.3, 0.4) is 0 Å². The minimum absolute atomic E-state index is 0.0371. The molecule has 3 spiro atoms. The van der Waals surface area contributed by atoms with Crippen molar-refractivity contribution in [3.8, 4) is 46.0 Å². The standard InChI is InChI=1S/2C22H16O3.C20H12O5.C8H17NO3.C3H6O2.C2H4O2/c2*1-13-7-9-17-19(11-13)24-20-12-14(2)8-10-18(20)22(17)16-6-4-3-5-15(16)21(23)25-22;21-11-5-7-15-17(9-11)24-18-10-12(22)6-8-16(18)20(15)14-4-2-1-3-13(14)19(23)25-20;1-12-8(11)9-6-4-2-3-5-7-10;1-3(4)5-2;1-2(3)4/h2*3-12H,1-2H3;1-10,21-22H;10H,2-7H2,1H3,(H,9,11);1-2H3;1H3,(H,3,4). The fraction of sp³-hybridized carbons (Fsp3) is 0.221. The number of fused-ring (bicyclic) bond motifs is 18. The third-order valence-electron chi connectivity index (χ3n) is 16.6. The number of benzene rings is 9. The fourth-order valence-electron chi connectivity index (χ4n) is 12.3. The molecule has 0 saturated carbocycles. The highest BCUT2D eigenvalue weighted by atomic mass is 16.6. The van der Waals surface area contributed by atoms with Crippen LogP contribution < -0.4 is 19.5 Å². The number of unbranched alkanes of at least 4 members (excludes halogenated alkanes) is 3. The number of nitrogens with one attached hydrogen (secondary N) is 1. The molecule has 0 aliphatic carbocycles. The molecule has 9 aromatic carbocycles. The van der Waals surface area contributed by atoms with Crippen molar-refractivity contribution >= 4 is 35.9 Å². The molecule has 0 atom stereocenters. The number of aliphatic hydroxyl groups is 1. The summed E-state index contributed by atoms with van der Waals surface area (Å²) in [5.41, 5.74) is 10.2. The average Bonchev–Trinajstić information content (AvgIpc) is 1.49. The zero-order valence-corrected chi connectivity index (χ0v) is 54.1. The van der Waals surface area contributed by atoms with Gasteiger partial charge in [-0.3, -0.25) is 9.59 Å². The van der Waals surface area contributed by atoms with Crippen LogP contribution in [-0.4, -0.2) is 83.7 Å². The van der Waals surface area contributed by atoms with E-state index in [9.17, 15) is 34.2 Å². The van der Waals surface area contributed by atoms with Crippen LogP contribution in [0.15, 0.2) is 182 Å². The molecule has 96 heavy (non-hydrogen) atoms. The van der Waals surface area contributed by atoms with Crippen LogP contribution in [0.25, 0.3) is 0 Å². The van der Waals surface area contributed by atoms with Crippen molar-refractivity contribution in [3.63, 3.8) is 0 Å². The van der Waals surface area contributed by atoms with E-state index in [2.05, 4.69) is 14.8 Å². The summed E-state index contributed by atoms with van der Waals surface area (Å²) < 4.78 is 44.8. The molecule has 15 rings (SSSR count). The van der Waals surface area contributed by atoms with E-state index < -0.39 is 28.7 Å². The maximum Gasteiger partial charge on any atom is 0.406 e. The molecular formula is C77H71NO18. The number of alkyl carbamates (subject to hydrolysis) is 1. The first-order chi connectivity index (χ1) is 46.1. The number of phenols is 2. The monoisotopic (exact) mass is 1300 g/mol. The SMILES string of the molecule is CC(=O)O.COC(=O)NCCCCCCO.COC(C)=O.Cc1ccc2c(c1)Oc1cc(C)ccc1C21OC(=O)c2ccccc21.Cc1ccc2c(c1)Oc1cc(C)ccc1C21OC(=O)c2ccccc21.O=C1OC2(c3ccc(O)cc3Oc3cc(O)ccc32)c2ccccc21. The Morgan fingerprint density at radius 2 is 0.688 bits per heavy atom. The molecule has 6 aliphatic rings. The van der Waals surface area contributed by atoms with Gasteiger partial charge in [0.2, 0.25) is 0 Å². The molecular weight excluding hydrogens is 1230 g/mol. The number of hydrogen-bond acceptors (Lipinski definition) is 17. The lowest BCUT2D eigenvalue weighted by molar-refractivity contribution is -0.138. The van der Waals surface area contributed by atoms with Crippen molar-refractivity contribution in [2.24, 2.45) is 0 Å². The van der Waals surface area contributed by atoms with Crippen LogP contribution in [0.2, 0.25) is 0 Å². The summed E-state index contributed by atoms with van der Waals surface area (Å²) in [6.45, 7) is 11.4. The molecule has 0 fully saturated rings. The van der Waals surface area contributed by atoms with Crippen LogP contribution >= 0.6 is 0 Å². The van der Waals surface area contributed by atoms with E-state index >= 15 is 0 Å². The van der Waals surface area contributed by atoms with Gasteiger partial charge in [0.15, 0.2) is 16.8 Å². The molecule has 0 saturated heterocycles. The van der Waals surface area contributed by atoms with Crippen molar-refractivity contribution in [3.05, 3.63) is 271 Å². The maximum absolute atomic E-state index is 12.6. The van der Waals surface area contributed by atoms with Gasteiger partial charge >= 0.3 is 30.0 Å². The molecule has 0 radical (unpaired) electrons. The Morgan fingerprint density at radius 3 is 0.979 bits per heavy atom. The predicted molar refractivity (Wildman–Crippen MR) is 353 cm³/mol. The van der Waals surface area contributed by atoms with E-state index in [-0.39, 0.29) is 42.1 Å². The number of carbonyl (C=O) groups is 6. The number of aliphatic carboxylic acids is 1. The molecule has 6 aliphatic heterocycles. The second-order valence-corrected chi connectivity index (χ2v) is 23.3. The first-order valence-electron chi connectivity index (χ1n) is 30.9. The molecule has 1 amide bonds. The lowest BCUT2D eigenvalue weighted by atomic mass is 9.77. The van der Waals surface area contributed by atoms with Gasteiger partial charge in [-0.1, -0.05) is 116 Å². The Kier molecular flexibility index (Phi) is 20.0. The normalized spacial score (nSPS) is 14.2. The number of rotatable bonds is 6. The summed E-state index contributed by atoms with van der Waals surface area (Å²) in [7, 11) is 2.70. The number of aliphatic hydroxyl groups excluding tert-OH is 1. The van der Waals surface area contributed by atoms with Gasteiger partial charge in [-0.25, -0.2) is 19.2 Å². The molecule has 0 unspecified atom stereocenters. The van der Waals surface area contributed by atoms with Gasteiger partial charge in [0.25, 0.3) is 5.97 Å². The van der Waals surface area contributed by atoms with E-state index in [1.54, 1.807) is 24.3 Å². The van der Waals surface area contributed by atoms with E-state index in [1.807, 2.05) is 161 Å². The van der Waals surface area contributed by atoms with Gasteiger partial charge in [0.05, 0.1) is 30.9 Å². The maximum atomic E-state index is 12.6. The molecule has 6 heterocycles. The van der Waals surface area contributed by atoms with E-state index in [0.717, 1.165) is 111 Å². The van der Waals surface area contributed by atoms with Gasteiger partial charge in [0.1, 0.15) is 46.0 Å². The topological polar surface area (TPSA) is 269 Å². The number of carboxylic acid groups (broad SMARTS) is 1. The second kappa shape index (κ2) is 28.4. The van der Waals surface area contributed by atoms with Crippen molar-refractivity contribution in [1.29, 1.82) is 0 Å². The zero-order chi connectivity index (χ0) is 68.6. The van der Waals surface area contributed by atoms with Crippen LogP contribution in [0, 0.1) is 27.7 Å². The molecule has 19 nitrogen and oxygen atoms in total. The number of aromatic hydroxyl groups is 2. The quantitative estimate of drug-likeness (QED) is 0.0588. The Morgan fingerprint density at radius 1 is 0.406 bits per heavy atom. The van der Waals surface area contributed by atoms with Crippen molar-refractivity contribution in [2.75, 3.05) is 27.4 Å². The Bertz CT molecular complexity index is 3930. The first-order valence-corrected chi connectivity index (χ1v) is 30.9. The number of amides is 1. The van der Waals surface area contributed by atoms with Gasteiger partial charge in [-0.15, -0.1) is 0 Å². The number of esters is 4. The van der Waals surface area contributed by atoms with Gasteiger partial charge in [0, 0.05) is 89.2 Å². The minimum Gasteiger partial charge on any atom is -0.508 e. The number of carboxylic acids is 1. The summed E-state index contributed by atoms with van der Waals surface area (Å²) in [6.07, 6.45) is 3.45. The summed E-state index contributed by atoms with van der Waals surface area (Å²) in [5.74, 6) is 1.69. The summed E-state index contributed by atoms with van der Waals surface area (Å²) in [4.78, 5) is 66.9. The van der Waals surface area contributed by atoms with Crippen molar-refractivity contribution < 1.29 is 87.1 Å². The molecule has 0 bridgehead atoms. The van der Waals surface area contributed by atoms with Crippen molar-refractivity contribution in [2.45, 2.75) is 84.0 Å². The smallest absolute Gasteiger partial charge is 0.406 e. The Balaban J connectivity index is 0.000000137. The summed E-state index contributed by atoms with van der Waals surface area (Å²) in [6, 6.07) is 55.9. The van der Waals surface area contributed by atoms with E-state index in [4.69, 9.17) is 43.4 Å². The highest BCUT2D eigenvalue weighted by molar-refractivity contribution is 5.99. The minimum atomic E-state index is -1.17. The molecule has 19 heteroatoms. The Hall–Kier alpha value is -11.4. The van der Waals surface area contributed by atoms with Gasteiger partial charge < -0.3 is 63.6 Å². The highest BCUT2D eigenvalue weighted by Crippen LogP contribution is 2.60. The van der Waals surface area contributed by atoms with Crippen LogP contribution in [-0.2, 0) is 50.1 Å².